The lowest BCUT2D eigenvalue weighted by molar-refractivity contribution is -0.118. The maximum atomic E-state index is 14.6. The molecular weight excluding hydrogens is 437 g/mol. The van der Waals surface area contributed by atoms with Crippen LogP contribution >= 0.6 is 11.3 Å². The Balaban J connectivity index is 1.55. The van der Waals surface area contributed by atoms with E-state index in [0.29, 0.717) is 17.7 Å². The minimum atomic E-state index is -0.493. The van der Waals surface area contributed by atoms with Crippen LogP contribution in [0.3, 0.4) is 0 Å². The van der Waals surface area contributed by atoms with Gasteiger partial charge in [0.1, 0.15) is 11.5 Å². The lowest BCUT2D eigenvalue weighted by Gasteiger charge is -2.09. The number of ketones is 1. The van der Waals surface area contributed by atoms with Gasteiger partial charge in [-0.25, -0.2) is 4.39 Å². The quantitative estimate of drug-likeness (QED) is 0.279. The number of hydrogen-bond donors (Lipinski definition) is 1. The smallest absolute Gasteiger partial charge is 0.166 e. The van der Waals surface area contributed by atoms with Crippen LogP contribution in [0.2, 0.25) is 0 Å². The number of hydrogen-bond acceptors (Lipinski definition) is 6. The summed E-state index contributed by atoms with van der Waals surface area (Å²) in [5.74, 6) is 0.232. The number of fused-ring (bicyclic) bond motifs is 1. The van der Waals surface area contributed by atoms with Gasteiger partial charge in [0.2, 0.25) is 0 Å². The zero-order chi connectivity index (χ0) is 23.2. The molecule has 0 unspecified atom stereocenters. The Labute approximate surface area is 196 Å². The highest BCUT2D eigenvalue weighted by molar-refractivity contribution is 7.22. The molecule has 4 aromatic rings. The summed E-state index contributed by atoms with van der Waals surface area (Å²) in [5.41, 5.74) is 3.41. The minimum Gasteiger partial charge on any atom is -0.453 e. The van der Waals surface area contributed by atoms with Gasteiger partial charge in [-0.15, -0.1) is 11.3 Å². The van der Waals surface area contributed by atoms with E-state index >= 15 is 0 Å². The Morgan fingerprint density at radius 3 is 2.64 bits per heavy atom. The Morgan fingerprint density at radius 1 is 1.06 bits per heavy atom. The molecule has 33 heavy (non-hydrogen) atoms. The lowest BCUT2D eigenvalue weighted by atomic mass is 10.1. The second-order valence-electron chi connectivity index (χ2n) is 7.80. The molecule has 0 aliphatic rings. The van der Waals surface area contributed by atoms with Crippen LogP contribution in [-0.2, 0) is 17.8 Å². The van der Waals surface area contributed by atoms with E-state index in [-0.39, 0.29) is 18.0 Å². The van der Waals surface area contributed by atoms with Crippen LogP contribution in [0.15, 0.2) is 54.9 Å². The first kappa shape index (κ1) is 23.0. The molecule has 1 aromatic carbocycles. The third-order valence-electron chi connectivity index (χ3n) is 5.22. The van der Waals surface area contributed by atoms with Crippen molar-refractivity contribution in [1.82, 2.24) is 15.3 Å². The van der Waals surface area contributed by atoms with E-state index in [1.165, 1.54) is 17.4 Å². The van der Waals surface area contributed by atoms with Gasteiger partial charge >= 0.3 is 0 Å². The van der Waals surface area contributed by atoms with Crippen molar-refractivity contribution in [2.45, 2.75) is 39.7 Å². The van der Waals surface area contributed by atoms with Crippen LogP contribution < -0.4 is 10.1 Å². The van der Waals surface area contributed by atoms with Crippen molar-refractivity contribution in [1.29, 1.82) is 0 Å². The molecule has 0 amide bonds. The highest BCUT2D eigenvalue weighted by atomic mass is 32.1. The number of halogens is 1. The normalized spacial score (nSPS) is 11.1. The lowest BCUT2D eigenvalue weighted by Crippen LogP contribution is -2.13. The highest BCUT2D eigenvalue weighted by Gasteiger charge is 2.14. The number of thiophene rings is 1. The van der Waals surface area contributed by atoms with Crippen LogP contribution in [0.4, 0.5) is 4.39 Å². The third-order valence-corrected chi connectivity index (χ3v) is 6.38. The van der Waals surface area contributed by atoms with Gasteiger partial charge < -0.3 is 10.1 Å². The van der Waals surface area contributed by atoms with E-state index in [9.17, 15) is 9.18 Å². The van der Waals surface area contributed by atoms with Crippen LogP contribution in [0, 0.1) is 5.82 Å². The number of rotatable bonds is 10. The van der Waals surface area contributed by atoms with E-state index < -0.39 is 5.82 Å². The first-order valence-corrected chi connectivity index (χ1v) is 11.9. The van der Waals surface area contributed by atoms with Crippen molar-refractivity contribution in [2.24, 2.45) is 0 Å². The molecule has 3 aromatic heterocycles. The topological polar surface area (TPSA) is 64.1 Å². The molecule has 7 heteroatoms. The van der Waals surface area contributed by atoms with Crippen LogP contribution in [0.1, 0.15) is 37.8 Å². The van der Waals surface area contributed by atoms with Crippen LogP contribution in [-0.4, -0.2) is 22.3 Å². The number of ether oxygens (including phenoxy) is 1. The van der Waals surface area contributed by atoms with Gasteiger partial charge in [-0.05, 0) is 48.4 Å². The summed E-state index contributed by atoms with van der Waals surface area (Å²) >= 11 is 1.51. The second-order valence-corrected chi connectivity index (χ2v) is 8.85. The summed E-state index contributed by atoms with van der Waals surface area (Å²) in [6, 6.07) is 12.4. The Kier molecular flexibility index (Phi) is 7.42. The number of carbonyl (C=O) groups excluding carboxylic acids is 1. The molecular formula is C26H26FN3O2S. The van der Waals surface area contributed by atoms with E-state index in [1.807, 2.05) is 18.3 Å². The number of nitrogens with zero attached hydrogens (tertiary/aromatic N) is 2. The number of pyridine rings is 2. The van der Waals surface area contributed by atoms with Crippen molar-refractivity contribution in [3.05, 3.63) is 71.8 Å². The fourth-order valence-electron chi connectivity index (χ4n) is 3.41. The average molecular weight is 464 g/mol. The number of Topliss-reactive ketones (excluding diaryl/α,β-unsaturated/α-hetero) is 1. The maximum absolute atomic E-state index is 14.6. The van der Waals surface area contributed by atoms with Crippen molar-refractivity contribution in [3.8, 4) is 22.1 Å². The molecule has 0 aliphatic heterocycles. The van der Waals surface area contributed by atoms with Gasteiger partial charge in [-0.1, -0.05) is 26.0 Å². The fraction of sp³-hybridized carbons (Fsp3) is 0.269. The molecule has 0 bridgehead atoms. The van der Waals surface area contributed by atoms with Gasteiger partial charge in [-0.2, -0.15) is 0 Å². The first-order chi connectivity index (χ1) is 16.1. The predicted octanol–water partition coefficient (Wildman–Crippen LogP) is 6.31. The first-order valence-electron chi connectivity index (χ1n) is 11.1. The molecule has 0 spiro atoms. The van der Waals surface area contributed by atoms with Crippen molar-refractivity contribution in [3.63, 3.8) is 0 Å². The summed E-state index contributed by atoms with van der Waals surface area (Å²) in [4.78, 5) is 21.7. The molecule has 0 aliphatic carbocycles. The van der Waals surface area contributed by atoms with Gasteiger partial charge in [0.15, 0.2) is 11.6 Å². The molecule has 0 saturated carbocycles. The van der Waals surface area contributed by atoms with Gasteiger partial charge in [0.05, 0.1) is 20.8 Å². The molecule has 5 nitrogen and oxygen atoms in total. The van der Waals surface area contributed by atoms with E-state index in [4.69, 9.17) is 4.74 Å². The van der Waals surface area contributed by atoms with E-state index in [1.54, 1.807) is 31.3 Å². The Morgan fingerprint density at radius 2 is 1.91 bits per heavy atom. The van der Waals surface area contributed by atoms with Gasteiger partial charge in [0.25, 0.3) is 0 Å². The standard InChI is InChI=1S/C26H26FN3O2S/c1-3-10-28-15-18-5-7-21(30-16-18)25-14-22-26(33-25)24(9-11-29-22)32-23-8-6-17(13-20(23)27)12-19(31)4-2/h5-9,11,13-14,16,28H,3-4,10,12,15H2,1-2H3. The van der Waals surface area contributed by atoms with E-state index in [2.05, 4.69) is 28.3 Å². The van der Waals surface area contributed by atoms with Crippen molar-refractivity contribution < 1.29 is 13.9 Å². The van der Waals surface area contributed by atoms with Crippen LogP contribution in [0.25, 0.3) is 20.8 Å². The average Bonchev–Trinajstić information content (AvgIpc) is 3.27. The summed E-state index contributed by atoms with van der Waals surface area (Å²) < 4.78 is 21.4. The number of aromatic nitrogens is 2. The largest absolute Gasteiger partial charge is 0.453 e. The Hall–Kier alpha value is -3.16. The number of nitrogens with one attached hydrogen (secondary N) is 1. The SMILES string of the molecule is CCCNCc1ccc(-c2cc3nccc(Oc4ccc(CC(=O)CC)cc4F)c3s2)nc1. The number of benzene rings is 1. The minimum absolute atomic E-state index is 0.0730. The molecule has 0 radical (unpaired) electrons. The summed E-state index contributed by atoms with van der Waals surface area (Å²) in [7, 11) is 0. The van der Waals surface area contributed by atoms with Crippen LogP contribution in [0.5, 0.6) is 11.5 Å². The second kappa shape index (κ2) is 10.6. The van der Waals surface area contributed by atoms with Gasteiger partial charge in [-0.3, -0.25) is 14.8 Å². The summed E-state index contributed by atoms with van der Waals surface area (Å²) in [5, 5.41) is 3.37. The molecule has 3 heterocycles. The molecule has 1 N–H and O–H groups in total. The van der Waals surface area contributed by atoms with Gasteiger partial charge in [0, 0.05) is 37.8 Å². The van der Waals surface area contributed by atoms with E-state index in [0.717, 1.165) is 45.9 Å². The zero-order valence-electron chi connectivity index (χ0n) is 18.7. The highest BCUT2D eigenvalue weighted by Crippen LogP contribution is 2.39. The summed E-state index contributed by atoms with van der Waals surface area (Å²) in [6.07, 6.45) is 5.28. The van der Waals surface area contributed by atoms with Crippen molar-refractivity contribution in [2.75, 3.05) is 6.54 Å². The molecule has 0 fully saturated rings. The predicted molar refractivity (Wildman–Crippen MR) is 130 cm³/mol. The Bertz CT molecular complexity index is 1250. The molecule has 0 saturated heterocycles. The molecule has 4 rings (SSSR count). The van der Waals surface area contributed by atoms with Crippen molar-refractivity contribution >= 4 is 27.3 Å². The third kappa shape index (κ3) is 5.61. The monoisotopic (exact) mass is 463 g/mol. The molecule has 170 valence electrons. The fourth-order valence-corrected chi connectivity index (χ4v) is 4.46. The maximum Gasteiger partial charge on any atom is 0.166 e. The zero-order valence-corrected chi connectivity index (χ0v) is 19.5. The molecule has 0 atom stereocenters. The summed E-state index contributed by atoms with van der Waals surface area (Å²) in [6.45, 7) is 5.71. The number of carbonyl (C=O) groups is 1.